The summed E-state index contributed by atoms with van der Waals surface area (Å²) in [5.41, 5.74) is 11.9. The van der Waals surface area contributed by atoms with Crippen LogP contribution in [0.3, 0.4) is 0 Å². The second-order valence-electron chi connectivity index (χ2n) is 3.66. The Morgan fingerprint density at radius 1 is 1.12 bits per heavy atom. The van der Waals surface area contributed by atoms with Crippen molar-refractivity contribution in [1.29, 1.82) is 0 Å². The molecule has 17 heavy (non-hydrogen) atoms. The van der Waals surface area contributed by atoms with Gasteiger partial charge in [0.1, 0.15) is 0 Å². The zero-order valence-corrected chi connectivity index (χ0v) is 9.41. The van der Waals surface area contributed by atoms with E-state index in [1.165, 1.54) is 0 Å². The van der Waals surface area contributed by atoms with E-state index in [0.29, 0.717) is 6.54 Å². The van der Waals surface area contributed by atoms with Crippen molar-refractivity contribution in [2.24, 2.45) is 5.11 Å². The van der Waals surface area contributed by atoms with Crippen molar-refractivity contribution in [2.75, 3.05) is 0 Å². The number of nitrogens with zero attached hydrogens (tertiary/aromatic N) is 5. The molecule has 0 unspecified atom stereocenters. The maximum atomic E-state index is 8.21. The SMILES string of the molecule is Cc1ccc(-c2ccc(CN=[N+]=[N-])cn2)nc1. The van der Waals surface area contributed by atoms with Gasteiger partial charge >= 0.3 is 0 Å². The summed E-state index contributed by atoms with van der Waals surface area (Å²) in [5.74, 6) is 0. The Morgan fingerprint density at radius 3 is 2.35 bits per heavy atom. The maximum absolute atomic E-state index is 8.21. The van der Waals surface area contributed by atoms with Gasteiger partial charge in [0.25, 0.3) is 0 Å². The van der Waals surface area contributed by atoms with Crippen LogP contribution in [0.1, 0.15) is 11.1 Å². The number of azide groups is 1. The fourth-order valence-corrected chi connectivity index (χ4v) is 1.40. The van der Waals surface area contributed by atoms with Crippen LogP contribution in [-0.4, -0.2) is 9.97 Å². The summed E-state index contributed by atoms with van der Waals surface area (Å²) >= 11 is 0. The van der Waals surface area contributed by atoms with Crippen molar-refractivity contribution in [3.63, 3.8) is 0 Å². The first kappa shape index (κ1) is 11.1. The van der Waals surface area contributed by atoms with Gasteiger partial charge < -0.3 is 0 Å². The first-order chi connectivity index (χ1) is 8.29. The summed E-state index contributed by atoms with van der Waals surface area (Å²) in [5, 5.41) is 3.48. The summed E-state index contributed by atoms with van der Waals surface area (Å²) in [7, 11) is 0. The zero-order valence-electron chi connectivity index (χ0n) is 9.41. The highest BCUT2D eigenvalue weighted by molar-refractivity contribution is 5.53. The molecule has 84 valence electrons. The molecule has 0 aliphatic rings. The van der Waals surface area contributed by atoms with Crippen LogP contribution in [0.2, 0.25) is 0 Å². The van der Waals surface area contributed by atoms with Crippen molar-refractivity contribution in [3.8, 4) is 11.4 Å². The molecule has 0 atom stereocenters. The normalized spacial score (nSPS) is 9.71. The summed E-state index contributed by atoms with van der Waals surface area (Å²) < 4.78 is 0. The third-order valence-corrected chi connectivity index (χ3v) is 2.32. The van der Waals surface area contributed by atoms with Gasteiger partial charge in [-0.3, -0.25) is 9.97 Å². The van der Waals surface area contributed by atoms with Crippen molar-refractivity contribution in [1.82, 2.24) is 9.97 Å². The molecule has 0 radical (unpaired) electrons. The number of rotatable bonds is 3. The number of hydrogen-bond acceptors (Lipinski definition) is 3. The largest absolute Gasteiger partial charge is 0.254 e. The monoisotopic (exact) mass is 225 g/mol. The predicted octanol–water partition coefficient (Wildman–Crippen LogP) is 3.26. The molecule has 0 spiro atoms. The molecule has 0 aromatic carbocycles. The van der Waals surface area contributed by atoms with Gasteiger partial charge in [0.05, 0.1) is 17.9 Å². The minimum Gasteiger partial charge on any atom is -0.254 e. The van der Waals surface area contributed by atoms with E-state index in [1.807, 2.05) is 37.4 Å². The topological polar surface area (TPSA) is 74.5 Å². The summed E-state index contributed by atoms with van der Waals surface area (Å²) in [6.45, 7) is 2.32. The lowest BCUT2D eigenvalue weighted by atomic mass is 10.2. The fraction of sp³-hybridized carbons (Fsp3) is 0.167. The van der Waals surface area contributed by atoms with Gasteiger partial charge in [-0.2, -0.15) is 0 Å². The zero-order chi connectivity index (χ0) is 12.1. The van der Waals surface area contributed by atoms with Crippen molar-refractivity contribution < 1.29 is 0 Å². The van der Waals surface area contributed by atoms with Crippen LogP contribution in [-0.2, 0) is 6.54 Å². The van der Waals surface area contributed by atoms with Crippen molar-refractivity contribution >= 4 is 0 Å². The number of aryl methyl sites for hydroxylation is 1. The Kier molecular flexibility index (Phi) is 3.33. The van der Waals surface area contributed by atoms with Gasteiger partial charge in [0.2, 0.25) is 0 Å². The van der Waals surface area contributed by atoms with Crippen LogP contribution in [0.4, 0.5) is 0 Å². The molecule has 0 aliphatic carbocycles. The molecule has 2 aromatic rings. The first-order valence-corrected chi connectivity index (χ1v) is 5.18. The van der Waals surface area contributed by atoms with E-state index < -0.39 is 0 Å². The highest BCUT2D eigenvalue weighted by Crippen LogP contribution is 2.14. The molecule has 2 aromatic heterocycles. The Hall–Kier alpha value is -2.39. The first-order valence-electron chi connectivity index (χ1n) is 5.18. The molecule has 0 aliphatic heterocycles. The van der Waals surface area contributed by atoms with Crippen LogP contribution in [0.5, 0.6) is 0 Å². The lowest BCUT2D eigenvalue weighted by Crippen LogP contribution is -1.89. The highest BCUT2D eigenvalue weighted by Gasteiger charge is 2.00. The second kappa shape index (κ2) is 5.09. The van der Waals surface area contributed by atoms with Gasteiger partial charge in [-0.25, -0.2) is 0 Å². The van der Waals surface area contributed by atoms with E-state index in [4.69, 9.17) is 5.53 Å². The lowest BCUT2D eigenvalue weighted by Gasteiger charge is -2.01. The third-order valence-electron chi connectivity index (χ3n) is 2.32. The van der Waals surface area contributed by atoms with E-state index in [9.17, 15) is 0 Å². The molecule has 5 nitrogen and oxygen atoms in total. The van der Waals surface area contributed by atoms with Gasteiger partial charge in [0, 0.05) is 17.3 Å². The summed E-state index contributed by atoms with van der Waals surface area (Å²) in [6, 6.07) is 7.70. The second-order valence-corrected chi connectivity index (χ2v) is 3.66. The number of pyridine rings is 2. The van der Waals surface area contributed by atoms with E-state index in [0.717, 1.165) is 22.5 Å². The molecule has 0 saturated heterocycles. The molecular weight excluding hydrogens is 214 g/mol. The van der Waals surface area contributed by atoms with Crippen LogP contribution in [0.25, 0.3) is 21.8 Å². The number of hydrogen-bond donors (Lipinski definition) is 0. The molecule has 2 heterocycles. The maximum Gasteiger partial charge on any atom is 0.0886 e. The molecule has 2 rings (SSSR count). The quantitative estimate of drug-likeness (QED) is 0.456. The molecule has 0 saturated carbocycles. The Balaban J connectivity index is 2.22. The average Bonchev–Trinajstić information content (AvgIpc) is 2.38. The van der Waals surface area contributed by atoms with E-state index in [2.05, 4.69) is 20.0 Å². The van der Waals surface area contributed by atoms with Crippen LogP contribution in [0.15, 0.2) is 41.8 Å². The summed E-state index contributed by atoms with van der Waals surface area (Å²) in [6.07, 6.45) is 3.51. The molecular formula is C12H11N5. The van der Waals surface area contributed by atoms with Crippen molar-refractivity contribution in [3.05, 3.63) is 58.2 Å². The Morgan fingerprint density at radius 2 is 1.82 bits per heavy atom. The van der Waals surface area contributed by atoms with Crippen LogP contribution in [0, 0.1) is 6.92 Å². The van der Waals surface area contributed by atoms with Gasteiger partial charge in [-0.15, -0.1) is 0 Å². The van der Waals surface area contributed by atoms with Gasteiger partial charge in [-0.1, -0.05) is 17.2 Å². The minimum absolute atomic E-state index is 0.325. The minimum atomic E-state index is 0.325. The Labute approximate surface area is 98.8 Å². The molecule has 5 heteroatoms. The Bertz CT molecular complexity index is 538. The summed E-state index contributed by atoms with van der Waals surface area (Å²) in [4.78, 5) is 11.3. The fourth-order valence-electron chi connectivity index (χ4n) is 1.40. The van der Waals surface area contributed by atoms with Crippen LogP contribution >= 0.6 is 0 Å². The average molecular weight is 225 g/mol. The van der Waals surface area contributed by atoms with Crippen molar-refractivity contribution in [2.45, 2.75) is 13.5 Å². The van der Waals surface area contributed by atoms with E-state index in [-0.39, 0.29) is 0 Å². The number of aromatic nitrogens is 2. The molecule has 0 N–H and O–H groups in total. The predicted molar refractivity (Wildman–Crippen MR) is 65.1 cm³/mol. The smallest absolute Gasteiger partial charge is 0.0886 e. The standard InChI is InChI=1S/C12H11N5/c1-9-2-4-11(14-6-9)12-5-3-10(7-15-12)8-16-17-13/h2-7H,8H2,1H3. The van der Waals surface area contributed by atoms with Crippen LogP contribution < -0.4 is 0 Å². The molecule has 0 bridgehead atoms. The third kappa shape index (κ3) is 2.80. The lowest BCUT2D eigenvalue weighted by molar-refractivity contribution is 1.03. The highest BCUT2D eigenvalue weighted by atomic mass is 15.1. The van der Waals surface area contributed by atoms with Gasteiger partial charge in [-0.05, 0) is 35.7 Å². The molecule has 0 fully saturated rings. The van der Waals surface area contributed by atoms with E-state index >= 15 is 0 Å². The molecule has 0 amide bonds. The van der Waals surface area contributed by atoms with E-state index in [1.54, 1.807) is 6.20 Å². The van der Waals surface area contributed by atoms with Gasteiger partial charge in [0.15, 0.2) is 0 Å².